The molecule has 0 bridgehead atoms. The molecular weight excluding hydrogens is 150 g/mol. The van der Waals surface area contributed by atoms with E-state index in [2.05, 4.69) is 4.90 Å². The quantitative estimate of drug-likeness (QED) is 0.687. The predicted octanol–water partition coefficient (Wildman–Crippen LogP) is 1.24. The third-order valence-electron chi connectivity index (χ3n) is 3.30. The number of aliphatic hydroxyl groups excluding tert-OH is 1. The fourth-order valence-corrected chi connectivity index (χ4v) is 2.13. The number of piperidine rings is 1. The van der Waals surface area contributed by atoms with E-state index in [4.69, 9.17) is 5.11 Å². The zero-order valence-electron chi connectivity index (χ0n) is 7.76. The highest BCUT2D eigenvalue weighted by Gasteiger charge is 2.43. The van der Waals surface area contributed by atoms with E-state index >= 15 is 0 Å². The summed E-state index contributed by atoms with van der Waals surface area (Å²) in [5, 5.41) is 9.16. The van der Waals surface area contributed by atoms with Crippen LogP contribution in [0.4, 0.5) is 0 Å². The van der Waals surface area contributed by atoms with Crippen LogP contribution < -0.4 is 0 Å². The zero-order valence-corrected chi connectivity index (χ0v) is 7.76. The lowest BCUT2D eigenvalue weighted by Crippen LogP contribution is -2.36. The second-order valence-corrected chi connectivity index (χ2v) is 4.49. The first kappa shape index (κ1) is 8.52. The van der Waals surface area contributed by atoms with Gasteiger partial charge in [-0.15, -0.1) is 0 Å². The summed E-state index contributed by atoms with van der Waals surface area (Å²) in [6, 6.07) is 0. The maximum absolute atomic E-state index is 9.16. The minimum absolute atomic E-state index is 0.331. The largest absolute Gasteiger partial charge is 0.396 e. The van der Waals surface area contributed by atoms with Crippen LogP contribution in [-0.4, -0.2) is 36.2 Å². The van der Waals surface area contributed by atoms with Crippen molar-refractivity contribution in [1.82, 2.24) is 4.90 Å². The minimum Gasteiger partial charge on any atom is -0.396 e. The standard InChI is InChI=1S/C10H19NO/c12-9-10(4-5-10)8-11-6-2-1-3-7-11/h12H,1-9H2. The highest BCUT2D eigenvalue weighted by Crippen LogP contribution is 2.45. The van der Waals surface area contributed by atoms with Gasteiger partial charge in [0.05, 0.1) is 0 Å². The van der Waals surface area contributed by atoms with Gasteiger partial charge in [0.15, 0.2) is 0 Å². The van der Waals surface area contributed by atoms with Gasteiger partial charge in [0.1, 0.15) is 0 Å². The number of rotatable bonds is 3. The van der Waals surface area contributed by atoms with Crippen molar-refractivity contribution < 1.29 is 5.11 Å². The summed E-state index contributed by atoms with van der Waals surface area (Å²) in [7, 11) is 0. The molecule has 0 spiro atoms. The predicted molar refractivity (Wildman–Crippen MR) is 49.0 cm³/mol. The fraction of sp³-hybridized carbons (Fsp3) is 1.00. The molecule has 1 aliphatic heterocycles. The second-order valence-electron chi connectivity index (χ2n) is 4.49. The average molecular weight is 169 g/mol. The number of likely N-dealkylation sites (tertiary alicyclic amines) is 1. The molecule has 70 valence electrons. The Labute approximate surface area is 74.6 Å². The Bertz CT molecular complexity index is 148. The number of hydrogen-bond donors (Lipinski definition) is 1. The van der Waals surface area contributed by atoms with Gasteiger partial charge in [-0.25, -0.2) is 0 Å². The van der Waals surface area contributed by atoms with E-state index in [1.165, 1.54) is 45.2 Å². The smallest absolute Gasteiger partial charge is 0.0499 e. The minimum atomic E-state index is 0.331. The molecule has 1 aliphatic carbocycles. The lowest BCUT2D eigenvalue weighted by atomic mass is 10.1. The first-order valence-corrected chi connectivity index (χ1v) is 5.18. The van der Waals surface area contributed by atoms with Crippen LogP contribution in [0.15, 0.2) is 0 Å². The van der Waals surface area contributed by atoms with Crippen LogP contribution in [0, 0.1) is 5.41 Å². The third-order valence-corrected chi connectivity index (χ3v) is 3.30. The molecule has 2 nitrogen and oxygen atoms in total. The molecule has 1 saturated carbocycles. The molecule has 2 heteroatoms. The molecular formula is C10H19NO. The van der Waals surface area contributed by atoms with Gasteiger partial charge in [-0.2, -0.15) is 0 Å². The first-order valence-electron chi connectivity index (χ1n) is 5.18. The van der Waals surface area contributed by atoms with Crippen LogP contribution in [-0.2, 0) is 0 Å². The number of aliphatic hydroxyl groups is 1. The number of nitrogens with zero attached hydrogens (tertiary/aromatic N) is 1. The van der Waals surface area contributed by atoms with E-state index in [0.29, 0.717) is 12.0 Å². The second kappa shape index (κ2) is 3.35. The van der Waals surface area contributed by atoms with Gasteiger partial charge >= 0.3 is 0 Å². The van der Waals surface area contributed by atoms with Crippen LogP contribution in [0.2, 0.25) is 0 Å². The van der Waals surface area contributed by atoms with Crippen molar-refractivity contribution in [1.29, 1.82) is 0 Å². The molecule has 2 rings (SSSR count). The number of hydrogen-bond acceptors (Lipinski definition) is 2. The molecule has 2 aliphatic rings. The van der Waals surface area contributed by atoms with Gasteiger partial charge in [-0.3, -0.25) is 0 Å². The Balaban J connectivity index is 1.77. The molecule has 1 heterocycles. The normalized spacial score (nSPS) is 28.8. The first-order chi connectivity index (χ1) is 5.85. The maximum Gasteiger partial charge on any atom is 0.0499 e. The lowest BCUT2D eigenvalue weighted by Gasteiger charge is -2.29. The molecule has 2 fully saturated rings. The third kappa shape index (κ3) is 1.80. The Hall–Kier alpha value is -0.0800. The van der Waals surface area contributed by atoms with Crippen molar-refractivity contribution in [3.8, 4) is 0 Å². The van der Waals surface area contributed by atoms with Crippen LogP contribution in [0.25, 0.3) is 0 Å². The summed E-state index contributed by atoms with van der Waals surface area (Å²) in [4.78, 5) is 2.53. The highest BCUT2D eigenvalue weighted by molar-refractivity contribution is 4.95. The molecule has 0 aromatic carbocycles. The molecule has 0 unspecified atom stereocenters. The van der Waals surface area contributed by atoms with Gasteiger partial charge in [0, 0.05) is 18.6 Å². The molecule has 0 radical (unpaired) electrons. The molecule has 1 N–H and O–H groups in total. The van der Waals surface area contributed by atoms with Crippen LogP contribution in [0.1, 0.15) is 32.1 Å². The van der Waals surface area contributed by atoms with Crippen molar-refractivity contribution in [3.63, 3.8) is 0 Å². The summed E-state index contributed by atoms with van der Waals surface area (Å²) in [6.45, 7) is 4.09. The van der Waals surface area contributed by atoms with Crippen molar-refractivity contribution >= 4 is 0 Å². The van der Waals surface area contributed by atoms with E-state index in [1.54, 1.807) is 0 Å². The molecule has 0 atom stereocenters. The summed E-state index contributed by atoms with van der Waals surface area (Å²) in [6.07, 6.45) is 6.63. The Morgan fingerprint density at radius 3 is 2.25 bits per heavy atom. The molecule has 1 saturated heterocycles. The molecule has 0 amide bonds. The average Bonchev–Trinajstić information content (AvgIpc) is 2.88. The SMILES string of the molecule is OCC1(CN2CCCCC2)CC1. The summed E-state index contributed by atoms with van der Waals surface area (Å²) < 4.78 is 0. The summed E-state index contributed by atoms with van der Waals surface area (Å²) in [5.74, 6) is 0. The zero-order chi connectivity index (χ0) is 8.44. The summed E-state index contributed by atoms with van der Waals surface area (Å²) >= 11 is 0. The van der Waals surface area contributed by atoms with E-state index in [9.17, 15) is 0 Å². The maximum atomic E-state index is 9.16. The van der Waals surface area contributed by atoms with Gasteiger partial charge in [0.25, 0.3) is 0 Å². The van der Waals surface area contributed by atoms with Gasteiger partial charge in [-0.1, -0.05) is 6.42 Å². The van der Waals surface area contributed by atoms with Crippen molar-refractivity contribution in [2.75, 3.05) is 26.2 Å². The van der Waals surface area contributed by atoms with Gasteiger partial charge in [0.2, 0.25) is 0 Å². The van der Waals surface area contributed by atoms with Crippen LogP contribution in [0.3, 0.4) is 0 Å². The van der Waals surface area contributed by atoms with Gasteiger partial charge < -0.3 is 10.0 Å². The molecule has 0 aromatic rings. The molecule has 12 heavy (non-hydrogen) atoms. The van der Waals surface area contributed by atoms with E-state index in [1.807, 2.05) is 0 Å². The van der Waals surface area contributed by atoms with Crippen LogP contribution >= 0.6 is 0 Å². The Kier molecular flexibility index (Phi) is 2.37. The van der Waals surface area contributed by atoms with Crippen LogP contribution in [0.5, 0.6) is 0 Å². The molecule has 0 aromatic heterocycles. The van der Waals surface area contributed by atoms with Crippen molar-refractivity contribution in [2.24, 2.45) is 5.41 Å². The van der Waals surface area contributed by atoms with Crippen molar-refractivity contribution in [2.45, 2.75) is 32.1 Å². The van der Waals surface area contributed by atoms with E-state index < -0.39 is 0 Å². The monoisotopic (exact) mass is 169 g/mol. The highest BCUT2D eigenvalue weighted by atomic mass is 16.3. The van der Waals surface area contributed by atoms with Crippen molar-refractivity contribution in [3.05, 3.63) is 0 Å². The Morgan fingerprint density at radius 1 is 1.08 bits per heavy atom. The van der Waals surface area contributed by atoms with E-state index in [-0.39, 0.29) is 0 Å². The topological polar surface area (TPSA) is 23.5 Å². The fourth-order valence-electron chi connectivity index (χ4n) is 2.13. The lowest BCUT2D eigenvalue weighted by molar-refractivity contribution is 0.133. The Morgan fingerprint density at radius 2 is 1.75 bits per heavy atom. The summed E-state index contributed by atoms with van der Waals surface area (Å²) in [5.41, 5.74) is 0.331. The van der Waals surface area contributed by atoms with E-state index in [0.717, 1.165) is 6.54 Å². The van der Waals surface area contributed by atoms with Gasteiger partial charge in [-0.05, 0) is 38.8 Å².